The van der Waals surface area contributed by atoms with Crippen LogP contribution < -0.4 is 5.32 Å². The van der Waals surface area contributed by atoms with E-state index in [-0.39, 0.29) is 5.41 Å². The number of nitrogens with one attached hydrogen (secondary N) is 1. The second kappa shape index (κ2) is 4.31. The molecule has 18 heavy (non-hydrogen) atoms. The monoisotopic (exact) mass is 245 g/mol. The maximum absolute atomic E-state index is 4.45. The first kappa shape index (κ1) is 11.6. The molecule has 0 aromatic carbocycles. The van der Waals surface area contributed by atoms with E-state index in [2.05, 4.69) is 31.8 Å². The van der Waals surface area contributed by atoms with Gasteiger partial charge in [-0.2, -0.15) is 0 Å². The fourth-order valence-electron chi connectivity index (χ4n) is 2.89. The third-order valence-electron chi connectivity index (χ3n) is 4.15. The molecule has 3 heterocycles. The van der Waals surface area contributed by atoms with E-state index in [0.29, 0.717) is 0 Å². The number of nitrogens with zero attached hydrogens (tertiary/aromatic N) is 4. The lowest BCUT2D eigenvalue weighted by atomic mass is 9.76. The number of hydrogen-bond donors (Lipinski definition) is 1. The Hall–Kier alpha value is -1.49. The Morgan fingerprint density at radius 1 is 1.33 bits per heavy atom. The van der Waals surface area contributed by atoms with Crippen LogP contribution in [0.25, 0.3) is 5.65 Å². The highest BCUT2D eigenvalue weighted by atomic mass is 15.3. The van der Waals surface area contributed by atoms with Crippen molar-refractivity contribution in [2.75, 3.05) is 13.1 Å². The van der Waals surface area contributed by atoms with Gasteiger partial charge in [0.05, 0.1) is 0 Å². The van der Waals surface area contributed by atoms with Crippen LogP contribution in [0.1, 0.15) is 37.7 Å². The fraction of sp³-hybridized carbons (Fsp3) is 0.615. The minimum atomic E-state index is 0.154. The Morgan fingerprint density at radius 2 is 2.11 bits per heavy atom. The smallest absolute Gasteiger partial charge is 0.163 e. The minimum Gasteiger partial charge on any atom is -0.317 e. The molecular weight excluding hydrogens is 226 g/mol. The highest BCUT2D eigenvalue weighted by Gasteiger charge is 2.36. The molecule has 1 aliphatic heterocycles. The average molecular weight is 245 g/mol. The lowest BCUT2D eigenvalue weighted by Crippen LogP contribution is -2.40. The quantitative estimate of drug-likeness (QED) is 0.870. The van der Waals surface area contributed by atoms with Crippen LogP contribution >= 0.6 is 0 Å². The van der Waals surface area contributed by atoms with Crippen LogP contribution in [0.2, 0.25) is 0 Å². The number of hydrogen-bond acceptors (Lipinski definition) is 4. The van der Waals surface area contributed by atoms with E-state index in [1.807, 2.05) is 19.3 Å². The van der Waals surface area contributed by atoms with Gasteiger partial charge >= 0.3 is 0 Å². The van der Waals surface area contributed by atoms with Gasteiger partial charge in [-0.25, -0.2) is 4.98 Å². The van der Waals surface area contributed by atoms with Crippen molar-refractivity contribution in [3.63, 3.8) is 0 Å². The van der Waals surface area contributed by atoms with Gasteiger partial charge in [-0.05, 0) is 39.3 Å². The van der Waals surface area contributed by atoms with Gasteiger partial charge in [-0.1, -0.05) is 6.92 Å². The number of rotatable bonds is 2. The van der Waals surface area contributed by atoms with Gasteiger partial charge in [-0.15, -0.1) is 10.2 Å². The zero-order valence-electron chi connectivity index (χ0n) is 11.0. The Balaban J connectivity index is 2.12. The van der Waals surface area contributed by atoms with E-state index in [0.717, 1.165) is 49.5 Å². The summed E-state index contributed by atoms with van der Waals surface area (Å²) < 4.78 is 2.06. The van der Waals surface area contributed by atoms with Crippen molar-refractivity contribution in [3.05, 3.63) is 23.9 Å². The molecule has 1 aliphatic rings. The molecule has 0 atom stereocenters. The van der Waals surface area contributed by atoms with Gasteiger partial charge in [0.15, 0.2) is 5.65 Å². The second-order valence-electron chi connectivity index (χ2n) is 5.17. The summed E-state index contributed by atoms with van der Waals surface area (Å²) in [6.45, 7) is 6.34. The topological polar surface area (TPSA) is 55.1 Å². The van der Waals surface area contributed by atoms with Crippen molar-refractivity contribution < 1.29 is 0 Å². The van der Waals surface area contributed by atoms with E-state index in [1.54, 1.807) is 0 Å². The zero-order valence-corrected chi connectivity index (χ0v) is 11.0. The van der Waals surface area contributed by atoms with Gasteiger partial charge in [0.25, 0.3) is 0 Å². The number of aromatic nitrogens is 4. The molecule has 5 nitrogen and oxygen atoms in total. The molecule has 3 rings (SSSR count). The molecule has 96 valence electrons. The van der Waals surface area contributed by atoms with Crippen LogP contribution in [0.15, 0.2) is 12.4 Å². The van der Waals surface area contributed by atoms with Crippen LogP contribution in [0, 0.1) is 6.92 Å². The van der Waals surface area contributed by atoms with E-state index in [4.69, 9.17) is 0 Å². The molecular formula is C13H19N5. The Kier molecular flexibility index (Phi) is 2.78. The molecule has 0 amide bonds. The summed E-state index contributed by atoms with van der Waals surface area (Å²) in [4.78, 5) is 4.37. The lowest BCUT2D eigenvalue weighted by molar-refractivity contribution is 0.280. The summed E-state index contributed by atoms with van der Waals surface area (Å²) >= 11 is 0. The van der Waals surface area contributed by atoms with Gasteiger partial charge in [0.1, 0.15) is 12.2 Å². The highest BCUT2D eigenvalue weighted by molar-refractivity contribution is 5.39. The van der Waals surface area contributed by atoms with Crippen molar-refractivity contribution in [2.24, 2.45) is 0 Å². The normalized spacial score (nSPS) is 19.2. The molecule has 0 unspecified atom stereocenters. The minimum absolute atomic E-state index is 0.154. The largest absolute Gasteiger partial charge is 0.317 e. The van der Waals surface area contributed by atoms with Crippen molar-refractivity contribution in [2.45, 2.75) is 38.5 Å². The molecule has 2 aromatic heterocycles. The Morgan fingerprint density at radius 3 is 2.83 bits per heavy atom. The fourth-order valence-corrected chi connectivity index (χ4v) is 2.89. The molecule has 2 aromatic rings. The van der Waals surface area contributed by atoms with E-state index < -0.39 is 0 Å². The van der Waals surface area contributed by atoms with Crippen LogP contribution in [-0.2, 0) is 5.41 Å². The Bertz CT molecular complexity index is 554. The summed E-state index contributed by atoms with van der Waals surface area (Å²) in [5.74, 6) is 1.08. The maximum Gasteiger partial charge on any atom is 0.163 e. The summed E-state index contributed by atoms with van der Waals surface area (Å²) in [5, 5.41) is 12.2. The molecule has 0 saturated carbocycles. The molecule has 1 N–H and O–H groups in total. The first-order valence-electron chi connectivity index (χ1n) is 6.64. The van der Waals surface area contributed by atoms with Crippen LogP contribution in [-0.4, -0.2) is 32.7 Å². The third kappa shape index (κ3) is 1.70. The van der Waals surface area contributed by atoms with Crippen LogP contribution in [0.3, 0.4) is 0 Å². The second-order valence-corrected chi connectivity index (χ2v) is 5.17. The SMILES string of the molecule is CCC1(c2nnc3cc(C)ncn23)CCNCC1. The predicted molar refractivity (Wildman–Crippen MR) is 69.6 cm³/mol. The van der Waals surface area contributed by atoms with Gasteiger partial charge < -0.3 is 5.32 Å². The van der Waals surface area contributed by atoms with Gasteiger partial charge in [-0.3, -0.25) is 4.40 Å². The van der Waals surface area contributed by atoms with Crippen molar-refractivity contribution in [1.29, 1.82) is 0 Å². The first-order valence-corrected chi connectivity index (χ1v) is 6.64. The van der Waals surface area contributed by atoms with E-state index in [9.17, 15) is 0 Å². The summed E-state index contributed by atoms with van der Waals surface area (Å²) in [7, 11) is 0. The molecule has 0 bridgehead atoms. The summed E-state index contributed by atoms with van der Waals surface area (Å²) in [5.41, 5.74) is 2.04. The summed E-state index contributed by atoms with van der Waals surface area (Å²) in [6.07, 6.45) is 5.21. The number of aryl methyl sites for hydroxylation is 1. The van der Waals surface area contributed by atoms with Crippen LogP contribution in [0.5, 0.6) is 0 Å². The van der Waals surface area contributed by atoms with Crippen molar-refractivity contribution in [3.8, 4) is 0 Å². The van der Waals surface area contributed by atoms with Gasteiger partial charge in [0, 0.05) is 17.2 Å². The molecule has 0 spiro atoms. The Labute approximate surface area is 107 Å². The standard InChI is InChI=1S/C13H19N5/c1-3-13(4-6-14-7-5-13)12-17-16-11-8-10(2)15-9-18(11)12/h8-9,14H,3-7H2,1-2H3. The van der Waals surface area contributed by atoms with Crippen molar-refractivity contribution >= 4 is 5.65 Å². The molecule has 5 heteroatoms. The summed E-state index contributed by atoms with van der Waals surface area (Å²) in [6, 6.07) is 1.99. The van der Waals surface area contributed by atoms with Crippen LogP contribution in [0.4, 0.5) is 0 Å². The lowest BCUT2D eigenvalue weighted by Gasteiger charge is -2.35. The van der Waals surface area contributed by atoms with E-state index >= 15 is 0 Å². The average Bonchev–Trinajstić information content (AvgIpc) is 2.83. The molecule has 0 radical (unpaired) electrons. The highest BCUT2D eigenvalue weighted by Crippen LogP contribution is 2.35. The predicted octanol–water partition coefficient (Wildman–Crippen LogP) is 1.46. The number of fused-ring (bicyclic) bond motifs is 1. The third-order valence-corrected chi connectivity index (χ3v) is 4.15. The van der Waals surface area contributed by atoms with Gasteiger partial charge in [0.2, 0.25) is 0 Å². The molecule has 1 saturated heterocycles. The maximum atomic E-state index is 4.45. The number of piperidine rings is 1. The zero-order chi connectivity index (χ0) is 12.6. The molecule has 1 fully saturated rings. The first-order chi connectivity index (χ1) is 8.75. The van der Waals surface area contributed by atoms with Crippen molar-refractivity contribution in [1.82, 2.24) is 24.9 Å². The van der Waals surface area contributed by atoms with E-state index in [1.165, 1.54) is 0 Å². The molecule has 0 aliphatic carbocycles.